The number of hydrogen-bond donors (Lipinski definition) is 1. The molecule has 1 unspecified atom stereocenters. The van der Waals surface area contributed by atoms with Gasteiger partial charge in [-0.25, -0.2) is 13.4 Å². The van der Waals surface area contributed by atoms with Crippen LogP contribution in [0.1, 0.15) is 18.4 Å². The Kier molecular flexibility index (Phi) is 5.77. The Labute approximate surface area is 179 Å². The van der Waals surface area contributed by atoms with Gasteiger partial charge in [0, 0.05) is 13.1 Å². The lowest BCUT2D eigenvalue weighted by atomic mass is 9.99. The maximum absolute atomic E-state index is 12.9. The van der Waals surface area contributed by atoms with Gasteiger partial charge in [0.1, 0.15) is 11.3 Å². The van der Waals surface area contributed by atoms with E-state index in [-0.39, 0.29) is 17.3 Å². The number of rotatable bonds is 5. The predicted octanol–water partition coefficient (Wildman–Crippen LogP) is 3.65. The molecule has 1 aliphatic rings. The SMILES string of the molecule is COc1ccc(C)c2sc(NC(=O)C3CCCN(S(=O)(=O)c4ccccc4)C3)nc12. The van der Waals surface area contributed by atoms with Crippen LogP contribution in [0.3, 0.4) is 0 Å². The van der Waals surface area contributed by atoms with E-state index in [2.05, 4.69) is 10.3 Å². The summed E-state index contributed by atoms with van der Waals surface area (Å²) in [6.45, 7) is 2.56. The highest BCUT2D eigenvalue weighted by Crippen LogP contribution is 2.35. The molecule has 1 aliphatic heterocycles. The van der Waals surface area contributed by atoms with Crippen molar-refractivity contribution < 1.29 is 17.9 Å². The van der Waals surface area contributed by atoms with Crippen LogP contribution in [-0.4, -0.2) is 43.8 Å². The van der Waals surface area contributed by atoms with Crippen molar-refractivity contribution in [2.24, 2.45) is 5.92 Å². The molecule has 1 N–H and O–H groups in total. The van der Waals surface area contributed by atoms with Crippen LogP contribution in [0.15, 0.2) is 47.4 Å². The fourth-order valence-corrected chi connectivity index (χ4v) is 6.15. The Morgan fingerprint density at radius 2 is 2.00 bits per heavy atom. The van der Waals surface area contributed by atoms with Crippen LogP contribution in [0.2, 0.25) is 0 Å². The highest BCUT2D eigenvalue weighted by atomic mass is 32.2. The average Bonchev–Trinajstić information content (AvgIpc) is 3.19. The second-order valence-electron chi connectivity index (χ2n) is 7.29. The molecule has 30 heavy (non-hydrogen) atoms. The van der Waals surface area contributed by atoms with Crippen molar-refractivity contribution in [2.75, 3.05) is 25.5 Å². The number of carbonyl (C=O) groups excluding carboxylic acids is 1. The van der Waals surface area contributed by atoms with Gasteiger partial charge in [0.25, 0.3) is 0 Å². The first-order chi connectivity index (χ1) is 14.4. The van der Waals surface area contributed by atoms with Crippen molar-refractivity contribution in [3.8, 4) is 5.75 Å². The molecule has 0 aliphatic carbocycles. The van der Waals surface area contributed by atoms with E-state index >= 15 is 0 Å². The van der Waals surface area contributed by atoms with Crippen molar-refractivity contribution in [2.45, 2.75) is 24.7 Å². The second kappa shape index (κ2) is 8.33. The number of amides is 1. The van der Waals surface area contributed by atoms with E-state index in [9.17, 15) is 13.2 Å². The quantitative estimate of drug-likeness (QED) is 0.648. The lowest BCUT2D eigenvalue weighted by Gasteiger charge is -2.31. The zero-order chi connectivity index (χ0) is 21.3. The van der Waals surface area contributed by atoms with Crippen LogP contribution in [0, 0.1) is 12.8 Å². The molecule has 1 aromatic heterocycles. The van der Waals surface area contributed by atoms with Gasteiger partial charge in [-0.2, -0.15) is 4.31 Å². The predicted molar refractivity (Wildman–Crippen MR) is 117 cm³/mol. The zero-order valence-electron chi connectivity index (χ0n) is 16.8. The number of fused-ring (bicyclic) bond motifs is 1. The fraction of sp³-hybridized carbons (Fsp3) is 0.333. The van der Waals surface area contributed by atoms with Crippen LogP contribution >= 0.6 is 11.3 Å². The molecule has 0 saturated carbocycles. The minimum absolute atomic E-state index is 0.163. The summed E-state index contributed by atoms with van der Waals surface area (Å²) >= 11 is 1.39. The van der Waals surface area contributed by atoms with E-state index in [0.717, 1.165) is 15.8 Å². The molecule has 0 bridgehead atoms. The maximum atomic E-state index is 12.9. The highest BCUT2D eigenvalue weighted by molar-refractivity contribution is 7.89. The van der Waals surface area contributed by atoms with Gasteiger partial charge < -0.3 is 10.1 Å². The molecule has 1 fully saturated rings. The van der Waals surface area contributed by atoms with Gasteiger partial charge in [0.15, 0.2) is 5.13 Å². The topological polar surface area (TPSA) is 88.6 Å². The van der Waals surface area contributed by atoms with Crippen LogP contribution in [0.5, 0.6) is 5.75 Å². The number of aromatic nitrogens is 1. The number of hydrogen-bond acceptors (Lipinski definition) is 6. The number of sulfonamides is 1. The smallest absolute Gasteiger partial charge is 0.243 e. The van der Waals surface area contributed by atoms with Crippen LogP contribution in [0.4, 0.5) is 5.13 Å². The Balaban J connectivity index is 1.51. The monoisotopic (exact) mass is 445 g/mol. The molecule has 0 radical (unpaired) electrons. The standard InChI is InChI=1S/C21H23N3O4S2/c1-14-10-11-17(28-2)18-19(14)29-21(22-18)23-20(25)15-7-6-12-24(13-15)30(26,27)16-8-4-3-5-9-16/h3-5,8-11,15H,6-7,12-13H2,1-2H3,(H,22,23,25). The number of nitrogens with one attached hydrogen (secondary N) is 1. The molecule has 1 amide bonds. The summed E-state index contributed by atoms with van der Waals surface area (Å²) in [4.78, 5) is 17.7. The fourth-order valence-electron chi connectivity index (χ4n) is 3.65. The summed E-state index contributed by atoms with van der Waals surface area (Å²) in [6, 6.07) is 12.1. The minimum atomic E-state index is -3.61. The summed E-state index contributed by atoms with van der Waals surface area (Å²) in [5, 5.41) is 3.37. The number of methoxy groups -OCH3 is 1. The zero-order valence-corrected chi connectivity index (χ0v) is 18.4. The number of carbonyl (C=O) groups is 1. The van der Waals surface area contributed by atoms with Crippen LogP contribution in [0.25, 0.3) is 10.2 Å². The molecule has 9 heteroatoms. The van der Waals surface area contributed by atoms with Gasteiger partial charge >= 0.3 is 0 Å². The molecule has 1 atom stereocenters. The summed E-state index contributed by atoms with van der Waals surface area (Å²) in [5.41, 5.74) is 1.77. The number of ether oxygens (including phenoxy) is 1. The van der Waals surface area contributed by atoms with Gasteiger partial charge in [0.2, 0.25) is 15.9 Å². The number of thiazole rings is 1. The molecule has 1 saturated heterocycles. The molecule has 4 rings (SSSR count). The minimum Gasteiger partial charge on any atom is -0.494 e. The van der Waals surface area contributed by atoms with E-state index in [1.165, 1.54) is 15.6 Å². The Morgan fingerprint density at radius 3 is 2.73 bits per heavy atom. The third-order valence-corrected chi connectivity index (χ3v) is 8.27. The number of benzene rings is 2. The summed E-state index contributed by atoms with van der Waals surface area (Å²) in [7, 11) is -2.02. The highest BCUT2D eigenvalue weighted by Gasteiger charge is 2.33. The van der Waals surface area contributed by atoms with Gasteiger partial charge in [-0.3, -0.25) is 4.79 Å². The van der Waals surface area contributed by atoms with Gasteiger partial charge in [-0.1, -0.05) is 35.6 Å². The summed E-state index contributed by atoms with van der Waals surface area (Å²) < 4.78 is 33.6. The third kappa shape index (κ3) is 3.92. The molecule has 2 aromatic carbocycles. The summed E-state index contributed by atoms with van der Waals surface area (Å²) in [5.74, 6) is 0.0241. The first-order valence-electron chi connectivity index (χ1n) is 9.70. The van der Waals surface area contributed by atoms with Gasteiger partial charge in [0.05, 0.1) is 22.6 Å². The van der Waals surface area contributed by atoms with Gasteiger partial charge in [-0.15, -0.1) is 0 Å². The average molecular weight is 446 g/mol. The Morgan fingerprint density at radius 1 is 1.23 bits per heavy atom. The van der Waals surface area contributed by atoms with E-state index in [4.69, 9.17) is 4.74 Å². The first-order valence-corrected chi connectivity index (χ1v) is 12.0. The van der Waals surface area contributed by atoms with E-state index in [1.54, 1.807) is 37.4 Å². The van der Waals surface area contributed by atoms with Crippen molar-refractivity contribution in [1.82, 2.24) is 9.29 Å². The molecule has 0 spiro atoms. The van der Waals surface area contributed by atoms with Crippen molar-refractivity contribution >= 4 is 42.6 Å². The molecule has 3 aromatic rings. The molecular weight excluding hydrogens is 422 g/mol. The second-order valence-corrected chi connectivity index (χ2v) is 10.2. The van der Waals surface area contributed by atoms with Crippen LogP contribution in [-0.2, 0) is 14.8 Å². The number of piperidine rings is 1. The van der Waals surface area contributed by atoms with Crippen LogP contribution < -0.4 is 10.1 Å². The maximum Gasteiger partial charge on any atom is 0.243 e. The molecule has 2 heterocycles. The van der Waals surface area contributed by atoms with E-state index in [1.807, 2.05) is 19.1 Å². The first kappa shape index (κ1) is 20.8. The normalized spacial score (nSPS) is 17.7. The molecule has 158 valence electrons. The van der Waals surface area contributed by atoms with Crippen molar-refractivity contribution in [1.29, 1.82) is 0 Å². The number of nitrogens with zero attached hydrogens (tertiary/aromatic N) is 2. The van der Waals surface area contributed by atoms with E-state index < -0.39 is 15.9 Å². The molecular formula is C21H23N3O4S2. The lowest BCUT2D eigenvalue weighted by Crippen LogP contribution is -2.43. The Hall–Kier alpha value is -2.49. The van der Waals surface area contributed by atoms with E-state index in [0.29, 0.717) is 30.3 Å². The third-order valence-electron chi connectivity index (χ3n) is 5.29. The largest absolute Gasteiger partial charge is 0.494 e. The van der Waals surface area contributed by atoms with Crippen molar-refractivity contribution in [3.63, 3.8) is 0 Å². The summed E-state index contributed by atoms with van der Waals surface area (Å²) in [6.07, 6.45) is 1.27. The lowest BCUT2D eigenvalue weighted by molar-refractivity contribution is -0.120. The number of anilines is 1. The number of aryl methyl sites for hydroxylation is 1. The molecule has 7 nitrogen and oxygen atoms in total. The van der Waals surface area contributed by atoms with Crippen molar-refractivity contribution in [3.05, 3.63) is 48.0 Å². The Bertz CT molecular complexity index is 1180. The van der Waals surface area contributed by atoms with Gasteiger partial charge in [-0.05, 0) is 43.5 Å².